The molecule has 0 spiro atoms. The molecule has 1 unspecified atom stereocenters. The van der Waals surface area contributed by atoms with Crippen molar-refractivity contribution in [3.63, 3.8) is 0 Å². The van der Waals surface area contributed by atoms with Crippen LogP contribution in [0.15, 0.2) is 29.2 Å². The molecule has 6 heteroatoms. The van der Waals surface area contributed by atoms with Crippen molar-refractivity contribution in [1.29, 1.82) is 0 Å². The first-order valence-corrected chi connectivity index (χ1v) is 8.40. The molecule has 114 valence electrons. The van der Waals surface area contributed by atoms with E-state index in [0.29, 0.717) is 13.1 Å². The van der Waals surface area contributed by atoms with E-state index in [2.05, 4.69) is 0 Å². The predicted octanol–water partition coefficient (Wildman–Crippen LogP) is 1.90. The molecule has 1 saturated heterocycles. The summed E-state index contributed by atoms with van der Waals surface area (Å²) >= 11 is 0. The fourth-order valence-electron chi connectivity index (χ4n) is 2.44. The van der Waals surface area contributed by atoms with Gasteiger partial charge in [-0.05, 0) is 25.0 Å². The Morgan fingerprint density at radius 1 is 1.10 bits per heavy atom. The molecule has 1 aliphatic rings. The van der Waals surface area contributed by atoms with E-state index in [9.17, 15) is 13.8 Å². The highest BCUT2D eigenvalue weighted by Gasteiger charge is 2.21. The van der Waals surface area contributed by atoms with Crippen molar-refractivity contribution in [3.05, 3.63) is 29.8 Å². The number of carbonyl (C=O) groups excluding carboxylic acids is 1. The molecule has 2 rings (SSSR count). The summed E-state index contributed by atoms with van der Waals surface area (Å²) in [5, 5.41) is 9.10. The van der Waals surface area contributed by atoms with E-state index in [1.807, 2.05) is 0 Å². The fourth-order valence-corrected chi connectivity index (χ4v) is 3.64. The highest BCUT2D eigenvalue weighted by atomic mass is 32.2. The molecule has 1 N–H and O–H groups in total. The number of carboxylic acids is 1. The second-order valence-electron chi connectivity index (χ2n) is 5.09. The average Bonchev–Trinajstić information content (AvgIpc) is 2.76. The first kappa shape index (κ1) is 15.7. The number of carbonyl (C=O) groups is 2. The lowest BCUT2D eigenvalue weighted by Gasteiger charge is -2.20. The molecule has 1 heterocycles. The summed E-state index contributed by atoms with van der Waals surface area (Å²) in [6.45, 7) is 1.41. The monoisotopic (exact) mass is 309 g/mol. The van der Waals surface area contributed by atoms with Gasteiger partial charge in [0.15, 0.2) is 0 Å². The third kappa shape index (κ3) is 4.14. The van der Waals surface area contributed by atoms with Gasteiger partial charge in [-0.2, -0.15) is 0 Å². The van der Waals surface area contributed by atoms with E-state index >= 15 is 0 Å². The Balaban J connectivity index is 2.07. The van der Waals surface area contributed by atoms with Crippen LogP contribution >= 0.6 is 0 Å². The van der Waals surface area contributed by atoms with Gasteiger partial charge in [0, 0.05) is 13.1 Å². The van der Waals surface area contributed by atoms with Gasteiger partial charge in [-0.1, -0.05) is 25.0 Å². The Labute approximate surface area is 126 Å². The van der Waals surface area contributed by atoms with Crippen LogP contribution in [0.25, 0.3) is 0 Å². The third-order valence-electron chi connectivity index (χ3n) is 3.58. The van der Waals surface area contributed by atoms with E-state index in [1.165, 1.54) is 12.1 Å². The van der Waals surface area contributed by atoms with Crippen LogP contribution < -0.4 is 0 Å². The van der Waals surface area contributed by atoms with Crippen LogP contribution in [0, 0.1) is 0 Å². The van der Waals surface area contributed by atoms with E-state index in [4.69, 9.17) is 5.11 Å². The number of hydrogen-bond donors (Lipinski definition) is 1. The summed E-state index contributed by atoms with van der Waals surface area (Å²) < 4.78 is 12.3. The average molecular weight is 309 g/mol. The van der Waals surface area contributed by atoms with Gasteiger partial charge in [0.2, 0.25) is 5.91 Å². The van der Waals surface area contributed by atoms with Gasteiger partial charge >= 0.3 is 5.97 Å². The minimum Gasteiger partial charge on any atom is -0.478 e. The summed E-state index contributed by atoms with van der Waals surface area (Å²) in [6, 6.07) is 6.14. The normalized spacial score (nSPS) is 17.0. The molecule has 5 nitrogen and oxygen atoms in total. The molecule has 0 radical (unpaired) electrons. The quantitative estimate of drug-likeness (QED) is 0.921. The molecule has 1 aromatic carbocycles. The Hall–Kier alpha value is -1.69. The molecule has 21 heavy (non-hydrogen) atoms. The van der Waals surface area contributed by atoms with Crippen LogP contribution in [0.2, 0.25) is 0 Å². The second kappa shape index (κ2) is 7.36. The van der Waals surface area contributed by atoms with E-state index in [1.54, 1.807) is 17.0 Å². The van der Waals surface area contributed by atoms with E-state index < -0.39 is 16.8 Å². The highest BCUT2D eigenvalue weighted by molar-refractivity contribution is 7.85. The van der Waals surface area contributed by atoms with Gasteiger partial charge < -0.3 is 10.0 Å². The maximum Gasteiger partial charge on any atom is 0.336 e. The van der Waals surface area contributed by atoms with Gasteiger partial charge in [0.25, 0.3) is 0 Å². The lowest BCUT2D eigenvalue weighted by Crippen LogP contribution is -2.35. The van der Waals surface area contributed by atoms with Gasteiger partial charge in [0.1, 0.15) is 5.75 Å². The molecular formula is C15H19NO4S. The molecule has 0 aromatic heterocycles. The summed E-state index contributed by atoms with van der Waals surface area (Å²) in [5.74, 6) is -1.43. The first-order valence-electron chi connectivity index (χ1n) is 7.08. The first-order chi connectivity index (χ1) is 10.1. The maximum absolute atomic E-state index is 12.3. The summed E-state index contributed by atoms with van der Waals surface area (Å²) in [4.78, 5) is 25.3. The van der Waals surface area contributed by atoms with Gasteiger partial charge in [-0.3, -0.25) is 9.00 Å². The standard InChI is InChI=1S/C15H19NO4S/c17-14(16-9-5-1-2-6-10-16)11-21(20)13-8-4-3-7-12(13)15(18)19/h3-4,7-8H,1-2,5-6,9-11H2,(H,18,19). The Bertz CT molecular complexity index is 550. The van der Waals surface area contributed by atoms with Gasteiger partial charge in [-0.15, -0.1) is 0 Å². The minimum atomic E-state index is -1.63. The Morgan fingerprint density at radius 2 is 1.71 bits per heavy atom. The number of hydrogen-bond acceptors (Lipinski definition) is 3. The number of likely N-dealkylation sites (tertiary alicyclic amines) is 1. The van der Waals surface area contributed by atoms with Crippen molar-refractivity contribution in [2.24, 2.45) is 0 Å². The zero-order chi connectivity index (χ0) is 15.2. The van der Waals surface area contributed by atoms with Gasteiger partial charge in [-0.25, -0.2) is 4.79 Å². The highest BCUT2D eigenvalue weighted by Crippen LogP contribution is 2.15. The molecule has 1 aromatic rings. The van der Waals surface area contributed by atoms with Crippen molar-refractivity contribution < 1.29 is 18.9 Å². The number of carboxylic acid groups (broad SMARTS) is 1. The number of rotatable bonds is 4. The van der Waals surface area contributed by atoms with Crippen LogP contribution in [0.5, 0.6) is 0 Å². The van der Waals surface area contributed by atoms with Crippen molar-refractivity contribution in [2.45, 2.75) is 30.6 Å². The predicted molar refractivity (Wildman–Crippen MR) is 79.7 cm³/mol. The lowest BCUT2D eigenvalue weighted by atomic mass is 10.2. The number of benzene rings is 1. The van der Waals surface area contributed by atoms with Crippen molar-refractivity contribution >= 4 is 22.7 Å². The summed E-state index contributed by atoms with van der Waals surface area (Å²) in [6.07, 6.45) is 4.19. The van der Waals surface area contributed by atoms with Crippen LogP contribution in [-0.4, -0.2) is 44.9 Å². The van der Waals surface area contributed by atoms with Crippen molar-refractivity contribution in [2.75, 3.05) is 18.8 Å². The molecular weight excluding hydrogens is 290 g/mol. The molecule has 1 atom stereocenters. The van der Waals surface area contributed by atoms with Crippen molar-refractivity contribution in [3.8, 4) is 0 Å². The van der Waals surface area contributed by atoms with Crippen LogP contribution in [0.4, 0.5) is 0 Å². The maximum atomic E-state index is 12.3. The van der Waals surface area contributed by atoms with Crippen molar-refractivity contribution in [1.82, 2.24) is 4.90 Å². The Kier molecular flexibility index (Phi) is 5.50. The number of nitrogens with zero attached hydrogens (tertiary/aromatic N) is 1. The van der Waals surface area contributed by atoms with E-state index in [-0.39, 0.29) is 22.1 Å². The second-order valence-corrected chi connectivity index (χ2v) is 6.51. The van der Waals surface area contributed by atoms with Crippen LogP contribution in [-0.2, 0) is 15.6 Å². The molecule has 0 aliphatic carbocycles. The number of aromatic carboxylic acids is 1. The summed E-state index contributed by atoms with van der Waals surface area (Å²) in [7, 11) is -1.63. The topological polar surface area (TPSA) is 74.7 Å². The van der Waals surface area contributed by atoms with E-state index in [0.717, 1.165) is 25.7 Å². The smallest absolute Gasteiger partial charge is 0.336 e. The molecule has 1 aliphatic heterocycles. The zero-order valence-corrected chi connectivity index (χ0v) is 12.6. The summed E-state index contributed by atoms with van der Waals surface area (Å²) in [5.41, 5.74) is -0.000463. The molecule has 0 saturated carbocycles. The zero-order valence-electron chi connectivity index (χ0n) is 11.8. The minimum absolute atomic E-state index is 0.000463. The van der Waals surface area contributed by atoms with Gasteiger partial charge in [0.05, 0.1) is 21.3 Å². The molecule has 0 bridgehead atoms. The Morgan fingerprint density at radius 3 is 2.33 bits per heavy atom. The molecule has 1 fully saturated rings. The third-order valence-corrected chi connectivity index (χ3v) is 4.93. The molecule has 1 amide bonds. The van der Waals surface area contributed by atoms with Crippen LogP contribution in [0.1, 0.15) is 36.0 Å². The van der Waals surface area contributed by atoms with Crippen LogP contribution in [0.3, 0.4) is 0 Å². The lowest BCUT2D eigenvalue weighted by molar-refractivity contribution is -0.128. The number of amides is 1. The fraction of sp³-hybridized carbons (Fsp3) is 0.467. The largest absolute Gasteiger partial charge is 0.478 e. The SMILES string of the molecule is O=C(O)c1ccccc1S(=O)CC(=O)N1CCCCCC1.